The van der Waals surface area contributed by atoms with Gasteiger partial charge >= 0.3 is 0 Å². The molecule has 1 aliphatic carbocycles. The Hall–Kier alpha value is -1.63. The van der Waals surface area contributed by atoms with E-state index in [2.05, 4.69) is 20.3 Å². The minimum absolute atomic E-state index is 0.0220. The highest BCUT2D eigenvalue weighted by Gasteiger charge is 2.48. The van der Waals surface area contributed by atoms with E-state index in [0.717, 1.165) is 18.0 Å². The molecular weight excluding hydrogens is 284 g/mol. The highest BCUT2D eigenvalue weighted by molar-refractivity contribution is 5.03. The van der Waals surface area contributed by atoms with E-state index < -0.39 is 0 Å². The second-order valence-corrected chi connectivity index (χ2v) is 6.48. The zero-order chi connectivity index (χ0) is 14.9. The lowest BCUT2D eigenvalue weighted by molar-refractivity contribution is 0.0627. The van der Waals surface area contributed by atoms with Crippen molar-refractivity contribution in [1.82, 2.24) is 15.0 Å². The summed E-state index contributed by atoms with van der Waals surface area (Å²) in [4.78, 5) is 2.87. The summed E-state index contributed by atoms with van der Waals surface area (Å²) in [5.41, 5.74) is 9.64. The van der Waals surface area contributed by atoms with Gasteiger partial charge in [0.1, 0.15) is 12.1 Å². The number of ether oxygens (including phenoxy) is 2. The van der Waals surface area contributed by atoms with E-state index in [-0.39, 0.29) is 24.3 Å². The number of hydrogen-bond donors (Lipinski definition) is 0. The Labute approximate surface area is 128 Å². The fourth-order valence-electron chi connectivity index (χ4n) is 3.93. The number of nitrogens with zero attached hydrogens (tertiary/aromatic N) is 6. The van der Waals surface area contributed by atoms with Crippen LogP contribution in [0.5, 0.6) is 0 Å². The summed E-state index contributed by atoms with van der Waals surface area (Å²) in [5, 5.41) is 12.3. The van der Waals surface area contributed by atoms with E-state index in [0.29, 0.717) is 13.2 Å². The Morgan fingerprint density at radius 2 is 2.09 bits per heavy atom. The Bertz CT molecular complexity index is 578. The van der Waals surface area contributed by atoms with Gasteiger partial charge in [-0.05, 0) is 17.9 Å². The smallest absolute Gasteiger partial charge is 0.109 e. The number of aromatic nitrogens is 3. The Balaban J connectivity index is 1.44. The molecule has 1 saturated carbocycles. The molecule has 2 aliphatic heterocycles. The Morgan fingerprint density at radius 3 is 2.91 bits per heavy atom. The van der Waals surface area contributed by atoms with Crippen molar-refractivity contribution in [2.75, 3.05) is 13.2 Å². The maximum Gasteiger partial charge on any atom is 0.109 e. The van der Waals surface area contributed by atoms with Crippen LogP contribution in [-0.2, 0) is 15.9 Å². The lowest BCUT2D eigenvalue weighted by Crippen LogP contribution is -2.29. The summed E-state index contributed by atoms with van der Waals surface area (Å²) < 4.78 is 13.4. The largest absolute Gasteiger partial charge is 0.373 e. The van der Waals surface area contributed by atoms with Crippen LogP contribution in [0.4, 0.5) is 0 Å². The molecule has 0 aromatic carbocycles. The lowest BCUT2D eigenvalue weighted by atomic mass is 10.0. The average Bonchev–Trinajstić information content (AvgIpc) is 3.25. The van der Waals surface area contributed by atoms with Gasteiger partial charge in [-0.1, -0.05) is 36.0 Å². The van der Waals surface area contributed by atoms with Crippen molar-refractivity contribution in [2.45, 2.75) is 56.4 Å². The van der Waals surface area contributed by atoms with E-state index >= 15 is 0 Å². The van der Waals surface area contributed by atoms with Gasteiger partial charge in [0.25, 0.3) is 0 Å². The monoisotopic (exact) mass is 304 g/mol. The van der Waals surface area contributed by atoms with Crippen LogP contribution in [0.15, 0.2) is 11.3 Å². The van der Waals surface area contributed by atoms with Crippen LogP contribution in [0.25, 0.3) is 10.4 Å². The molecule has 8 heteroatoms. The van der Waals surface area contributed by atoms with Gasteiger partial charge in [0.2, 0.25) is 0 Å². The average molecular weight is 304 g/mol. The van der Waals surface area contributed by atoms with Crippen LogP contribution in [0.1, 0.15) is 37.4 Å². The predicted octanol–water partition coefficient (Wildman–Crippen LogP) is 2.03. The third kappa shape index (κ3) is 2.47. The number of azide groups is 1. The molecule has 3 fully saturated rings. The molecule has 0 spiro atoms. The second kappa shape index (κ2) is 5.87. The minimum Gasteiger partial charge on any atom is -0.373 e. The first-order valence-electron chi connectivity index (χ1n) is 8.03. The van der Waals surface area contributed by atoms with Crippen molar-refractivity contribution < 1.29 is 9.47 Å². The molecule has 8 nitrogen and oxygen atoms in total. The molecule has 4 rings (SSSR count). The third-order valence-electron chi connectivity index (χ3n) is 5.07. The van der Waals surface area contributed by atoms with E-state index in [4.69, 9.17) is 15.0 Å². The quantitative estimate of drug-likeness (QED) is 0.483. The summed E-state index contributed by atoms with van der Waals surface area (Å²) in [5.74, 6) is 0.759. The highest BCUT2D eigenvalue weighted by atomic mass is 16.6. The van der Waals surface area contributed by atoms with E-state index in [1.807, 2.05) is 10.9 Å². The van der Waals surface area contributed by atoms with Crippen LogP contribution < -0.4 is 0 Å². The maximum absolute atomic E-state index is 8.59. The van der Waals surface area contributed by atoms with Gasteiger partial charge in [-0.25, -0.2) is 4.68 Å². The SMILES string of the molecule is [N-]=[N+]=N[C@H]1CO[C@H]2[C@@H]1OC[C@@H]2n1cc(CC2CCCC2)nn1. The second-order valence-electron chi connectivity index (χ2n) is 6.48. The summed E-state index contributed by atoms with van der Waals surface area (Å²) in [6.45, 7) is 0.943. The van der Waals surface area contributed by atoms with Crippen molar-refractivity contribution in [3.8, 4) is 0 Å². The van der Waals surface area contributed by atoms with Crippen molar-refractivity contribution in [1.29, 1.82) is 0 Å². The van der Waals surface area contributed by atoms with Crippen molar-refractivity contribution >= 4 is 0 Å². The third-order valence-corrected chi connectivity index (χ3v) is 5.07. The summed E-state index contributed by atoms with van der Waals surface area (Å²) in [7, 11) is 0. The molecule has 0 unspecified atom stereocenters. The van der Waals surface area contributed by atoms with Crippen LogP contribution in [0.2, 0.25) is 0 Å². The number of rotatable bonds is 4. The van der Waals surface area contributed by atoms with Gasteiger partial charge in [0, 0.05) is 11.1 Å². The first-order chi connectivity index (χ1) is 10.8. The molecule has 0 bridgehead atoms. The minimum atomic E-state index is -0.235. The van der Waals surface area contributed by atoms with Gasteiger partial charge < -0.3 is 9.47 Å². The highest BCUT2D eigenvalue weighted by Crippen LogP contribution is 2.35. The molecule has 1 aromatic rings. The molecule has 118 valence electrons. The molecule has 0 N–H and O–H groups in total. The Morgan fingerprint density at radius 1 is 1.27 bits per heavy atom. The molecule has 2 saturated heterocycles. The van der Waals surface area contributed by atoms with Gasteiger partial charge in [-0.15, -0.1) is 5.10 Å². The van der Waals surface area contributed by atoms with Crippen LogP contribution in [-0.4, -0.2) is 46.5 Å². The summed E-state index contributed by atoms with van der Waals surface area (Å²) in [6.07, 6.45) is 8.08. The van der Waals surface area contributed by atoms with E-state index in [9.17, 15) is 0 Å². The molecule has 1 aromatic heterocycles. The lowest BCUT2D eigenvalue weighted by Gasteiger charge is -2.15. The van der Waals surface area contributed by atoms with Gasteiger partial charge in [0.05, 0.1) is 31.1 Å². The fourth-order valence-corrected chi connectivity index (χ4v) is 3.93. The molecule has 3 heterocycles. The van der Waals surface area contributed by atoms with E-state index in [1.165, 1.54) is 25.7 Å². The van der Waals surface area contributed by atoms with Gasteiger partial charge in [-0.2, -0.15) is 0 Å². The maximum atomic E-state index is 8.59. The van der Waals surface area contributed by atoms with Gasteiger partial charge in [-0.3, -0.25) is 0 Å². The molecule has 0 radical (unpaired) electrons. The summed E-state index contributed by atoms with van der Waals surface area (Å²) >= 11 is 0. The zero-order valence-corrected chi connectivity index (χ0v) is 12.4. The molecule has 4 atom stereocenters. The zero-order valence-electron chi connectivity index (χ0n) is 12.4. The van der Waals surface area contributed by atoms with E-state index in [1.54, 1.807) is 0 Å². The van der Waals surface area contributed by atoms with Crippen LogP contribution in [0, 0.1) is 5.92 Å². The topological polar surface area (TPSA) is 97.9 Å². The first-order valence-corrected chi connectivity index (χ1v) is 8.03. The van der Waals surface area contributed by atoms with Crippen molar-refractivity contribution in [3.05, 3.63) is 22.3 Å². The molecule has 22 heavy (non-hydrogen) atoms. The summed E-state index contributed by atoms with van der Waals surface area (Å²) in [6, 6.07) is -0.213. The molecule has 0 amide bonds. The van der Waals surface area contributed by atoms with Crippen molar-refractivity contribution in [3.63, 3.8) is 0 Å². The van der Waals surface area contributed by atoms with Crippen LogP contribution >= 0.6 is 0 Å². The Kier molecular flexibility index (Phi) is 3.73. The fraction of sp³-hybridized carbons (Fsp3) is 0.857. The number of fused-ring (bicyclic) bond motifs is 1. The van der Waals surface area contributed by atoms with Crippen molar-refractivity contribution in [2.24, 2.45) is 11.0 Å². The van der Waals surface area contributed by atoms with Gasteiger partial charge in [0.15, 0.2) is 0 Å². The predicted molar refractivity (Wildman–Crippen MR) is 77.1 cm³/mol. The number of hydrogen-bond acceptors (Lipinski definition) is 5. The van der Waals surface area contributed by atoms with Crippen LogP contribution in [0.3, 0.4) is 0 Å². The first kappa shape index (κ1) is 14.0. The molecular formula is C14H20N6O2. The standard InChI is InChI=1S/C14H20N6O2/c15-18-17-11-7-21-14-12(8-22-13(11)14)20-6-10(16-19-20)5-9-3-1-2-4-9/h6,9,11-14H,1-5,7-8H2/t11-,12-,13+,14+/m0/s1. The normalized spacial score (nSPS) is 34.7. The molecule has 3 aliphatic rings.